The minimum absolute atomic E-state index is 0.0480. The average molecular weight is 372 g/mol. The van der Waals surface area contributed by atoms with Gasteiger partial charge in [0.05, 0.1) is 6.04 Å². The summed E-state index contributed by atoms with van der Waals surface area (Å²) in [4.78, 5) is 12.5. The van der Waals surface area contributed by atoms with Crippen LogP contribution in [0.25, 0.3) is 0 Å². The van der Waals surface area contributed by atoms with E-state index in [9.17, 15) is 4.79 Å². The quantitative estimate of drug-likeness (QED) is 0.794. The number of hydrogen-bond acceptors (Lipinski definition) is 2. The lowest BCUT2D eigenvalue weighted by Gasteiger charge is -2.20. The first kappa shape index (κ1) is 18.8. The molecule has 1 amide bonds. The first-order valence-corrected chi connectivity index (χ1v) is 9.58. The second-order valence-corrected chi connectivity index (χ2v) is 7.62. The standard InChI is InChI=1S/C22H26ClNO2/c1-13-10-20(11-14(2)21(13)23)26-16(4)22(25)24-15(3)18-9-8-17-6-5-7-19(17)12-18/h8-12,15-16H,5-7H2,1-4H3,(H,24,25). The van der Waals surface area contributed by atoms with E-state index in [2.05, 4.69) is 23.5 Å². The summed E-state index contributed by atoms with van der Waals surface area (Å²) in [5.74, 6) is 0.542. The number of carbonyl (C=O) groups is 1. The molecule has 3 rings (SSSR count). The van der Waals surface area contributed by atoms with Gasteiger partial charge in [0.15, 0.2) is 6.10 Å². The monoisotopic (exact) mass is 371 g/mol. The highest BCUT2D eigenvalue weighted by molar-refractivity contribution is 6.32. The van der Waals surface area contributed by atoms with E-state index >= 15 is 0 Å². The van der Waals surface area contributed by atoms with Crippen molar-refractivity contribution in [1.29, 1.82) is 0 Å². The van der Waals surface area contributed by atoms with Crippen LogP contribution in [0.5, 0.6) is 5.75 Å². The zero-order chi connectivity index (χ0) is 18.8. The molecule has 2 unspecified atom stereocenters. The molecule has 0 heterocycles. The van der Waals surface area contributed by atoms with Crippen molar-refractivity contribution in [3.05, 3.63) is 63.2 Å². The van der Waals surface area contributed by atoms with Crippen LogP contribution >= 0.6 is 11.6 Å². The normalized spacial score (nSPS) is 15.3. The summed E-state index contributed by atoms with van der Waals surface area (Å²) in [6, 6.07) is 10.2. The van der Waals surface area contributed by atoms with Gasteiger partial charge >= 0.3 is 0 Å². The number of amides is 1. The molecule has 0 saturated heterocycles. The number of ether oxygens (including phenoxy) is 1. The Kier molecular flexibility index (Phi) is 5.57. The molecule has 4 heteroatoms. The van der Waals surface area contributed by atoms with Crippen molar-refractivity contribution in [3.8, 4) is 5.75 Å². The Balaban J connectivity index is 1.63. The van der Waals surface area contributed by atoms with Crippen LogP contribution in [-0.4, -0.2) is 12.0 Å². The number of nitrogens with one attached hydrogen (secondary N) is 1. The van der Waals surface area contributed by atoms with Gasteiger partial charge in [0.25, 0.3) is 5.91 Å². The maximum Gasteiger partial charge on any atom is 0.261 e. The highest BCUT2D eigenvalue weighted by atomic mass is 35.5. The highest BCUT2D eigenvalue weighted by Gasteiger charge is 2.20. The van der Waals surface area contributed by atoms with Crippen molar-refractivity contribution in [1.82, 2.24) is 5.32 Å². The SMILES string of the molecule is Cc1cc(OC(C)C(=O)NC(C)c2ccc3c(c2)CCC3)cc(C)c1Cl. The van der Waals surface area contributed by atoms with Gasteiger partial charge in [-0.2, -0.15) is 0 Å². The molecule has 0 bridgehead atoms. The number of fused-ring (bicyclic) bond motifs is 1. The van der Waals surface area contributed by atoms with Gasteiger partial charge in [-0.05, 0) is 86.9 Å². The van der Waals surface area contributed by atoms with Crippen molar-refractivity contribution >= 4 is 17.5 Å². The van der Waals surface area contributed by atoms with Crippen LogP contribution in [0.2, 0.25) is 5.02 Å². The van der Waals surface area contributed by atoms with E-state index in [0.717, 1.165) is 28.1 Å². The van der Waals surface area contributed by atoms with E-state index in [4.69, 9.17) is 16.3 Å². The van der Waals surface area contributed by atoms with Crippen LogP contribution in [0.15, 0.2) is 30.3 Å². The first-order chi connectivity index (χ1) is 12.3. The zero-order valence-electron chi connectivity index (χ0n) is 15.9. The van der Waals surface area contributed by atoms with E-state index < -0.39 is 6.10 Å². The maximum absolute atomic E-state index is 12.5. The zero-order valence-corrected chi connectivity index (χ0v) is 16.6. The van der Waals surface area contributed by atoms with Crippen molar-refractivity contribution < 1.29 is 9.53 Å². The molecule has 138 valence electrons. The molecule has 0 aliphatic heterocycles. The summed E-state index contributed by atoms with van der Waals surface area (Å²) in [6.45, 7) is 7.65. The summed E-state index contributed by atoms with van der Waals surface area (Å²) >= 11 is 6.19. The van der Waals surface area contributed by atoms with Gasteiger partial charge in [0.2, 0.25) is 0 Å². The second kappa shape index (κ2) is 7.71. The lowest BCUT2D eigenvalue weighted by atomic mass is 10.0. The fraction of sp³-hybridized carbons (Fsp3) is 0.409. The van der Waals surface area contributed by atoms with E-state index in [1.54, 1.807) is 6.92 Å². The Morgan fingerprint density at radius 1 is 1.08 bits per heavy atom. The molecule has 1 aliphatic carbocycles. The molecule has 0 radical (unpaired) electrons. The van der Waals surface area contributed by atoms with E-state index in [0.29, 0.717) is 5.75 Å². The number of halogens is 1. The molecule has 1 N–H and O–H groups in total. The minimum atomic E-state index is -0.577. The van der Waals surface area contributed by atoms with E-state index in [-0.39, 0.29) is 11.9 Å². The summed E-state index contributed by atoms with van der Waals surface area (Å²) in [5.41, 5.74) is 5.89. The minimum Gasteiger partial charge on any atom is -0.481 e. The van der Waals surface area contributed by atoms with E-state index in [1.165, 1.54) is 24.0 Å². The van der Waals surface area contributed by atoms with Crippen LogP contribution < -0.4 is 10.1 Å². The molecular weight excluding hydrogens is 346 g/mol. The van der Waals surface area contributed by atoms with E-state index in [1.807, 2.05) is 32.9 Å². The van der Waals surface area contributed by atoms with Crippen molar-refractivity contribution in [2.75, 3.05) is 0 Å². The molecule has 3 nitrogen and oxygen atoms in total. The predicted molar refractivity (Wildman–Crippen MR) is 106 cm³/mol. The third-order valence-corrected chi connectivity index (χ3v) is 5.67. The summed E-state index contributed by atoms with van der Waals surface area (Å²) in [6.07, 6.45) is 2.95. The topological polar surface area (TPSA) is 38.3 Å². The van der Waals surface area contributed by atoms with Gasteiger partial charge < -0.3 is 10.1 Å². The molecule has 1 aliphatic rings. The first-order valence-electron chi connectivity index (χ1n) is 9.20. The number of aryl methyl sites for hydroxylation is 4. The Morgan fingerprint density at radius 3 is 2.42 bits per heavy atom. The lowest BCUT2D eigenvalue weighted by Crippen LogP contribution is -2.37. The Bertz CT molecular complexity index is 808. The lowest BCUT2D eigenvalue weighted by molar-refractivity contribution is -0.127. The number of carbonyl (C=O) groups excluding carboxylic acids is 1. The Labute approximate surface area is 160 Å². The summed E-state index contributed by atoms with van der Waals surface area (Å²) in [7, 11) is 0. The Morgan fingerprint density at radius 2 is 1.73 bits per heavy atom. The molecule has 26 heavy (non-hydrogen) atoms. The second-order valence-electron chi connectivity index (χ2n) is 7.24. The van der Waals surface area contributed by atoms with Crippen LogP contribution in [0.1, 0.15) is 54.1 Å². The summed E-state index contributed by atoms with van der Waals surface area (Å²) in [5, 5.41) is 3.79. The van der Waals surface area contributed by atoms with Gasteiger partial charge in [-0.15, -0.1) is 0 Å². The van der Waals surface area contributed by atoms with Crippen LogP contribution in [0.3, 0.4) is 0 Å². The van der Waals surface area contributed by atoms with Crippen molar-refractivity contribution in [2.45, 2.75) is 59.1 Å². The largest absolute Gasteiger partial charge is 0.481 e. The molecule has 2 aromatic carbocycles. The number of hydrogen-bond donors (Lipinski definition) is 1. The van der Waals surface area contributed by atoms with Gasteiger partial charge in [0, 0.05) is 5.02 Å². The number of benzene rings is 2. The molecule has 0 spiro atoms. The molecular formula is C22H26ClNO2. The molecule has 0 fully saturated rings. The third-order valence-electron chi connectivity index (χ3n) is 5.07. The van der Waals surface area contributed by atoms with Crippen LogP contribution in [0, 0.1) is 13.8 Å². The van der Waals surface area contributed by atoms with Gasteiger partial charge in [-0.25, -0.2) is 0 Å². The van der Waals surface area contributed by atoms with Gasteiger partial charge in [-0.1, -0.05) is 29.8 Å². The fourth-order valence-corrected chi connectivity index (χ4v) is 3.62. The van der Waals surface area contributed by atoms with Crippen molar-refractivity contribution in [2.24, 2.45) is 0 Å². The van der Waals surface area contributed by atoms with Gasteiger partial charge in [0.1, 0.15) is 5.75 Å². The highest BCUT2D eigenvalue weighted by Crippen LogP contribution is 2.27. The molecule has 2 aromatic rings. The molecule has 0 aromatic heterocycles. The van der Waals surface area contributed by atoms with Crippen LogP contribution in [-0.2, 0) is 17.6 Å². The van der Waals surface area contributed by atoms with Gasteiger partial charge in [-0.3, -0.25) is 4.79 Å². The Hall–Kier alpha value is -2.00. The maximum atomic E-state index is 12.5. The average Bonchev–Trinajstić information content (AvgIpc) is 3.07. The molecule has 0 saturated carbocycles. The summed E-state index contributed by atoms with van der Waals surface area (Å²) < 4.78 is 5.83. The predicted octanol–water partition coefficient (Wildman–Crippen LogP) is 5.09. The fourth-order valence-electron chi connectivity index (χ4n) is 3.51. The van der Waals surface area contributed by atoms with Crippen LogP contribution in [0.4, 0.5) is 0 Å². The molecule has 2 atom stereocenters. The number of rotatable bonds is 5. The van der Waals surface area contributed by atoms with Crippen molar-refractivity contribution in [3.63, 3.8) is 0 Å². The third kappa shape index (κ3) is 4.04. The smallest absolute Gasteiger partial charge is 0.261 e.